The predicted octanol–water partition coefficient (Wildman–Crippen LogP) is 6.06. The van der Waals surface area contributed by atoms with Crippen molar-refractivity contribution in [1.29, 1.82) is 0 Å². The van der Waals surface area contributed by atoms with Crippen LogP contribution in [-0.2, 0) is 6.42 Å². The van der Waals surface area contributed by atoms with Crippen LogP contribution in [0, 0.1) is 0 Å². The van der Waals surface area contributed by atoms with E-state index in [1.54, 1.807) is 6.07 Å². The molecule has 3 aromatic rings. The summed E-state index contributed by atoms with van der Waals surface area (Å²) in [6, 6.07) is 23.7. The second-order valence-corrected chi connectivity index (χ2v) is 6.16. The third-order valence-corrected chi connectivity index (χ3v) is 4.45. The van der Waals surface area contributed by atoms with Crippen molar-refractivity contribution >= 4 is 5.97 Å². The summed E-state index contributed by atoms with van der Waals surface area (Å²) in [5, 5.41) is 9.77. The van der Waals surface area contributed by atoms with Crippen molar-refractivity contribution in [2.24, 2.45) is 0 Å². The van der Waals surface area contributed by atoms with Crippen LogP contribution < -0.4 is 0 Å². The van der Waals surface area contributed by atoms with Gasteiger partial charge in [0.25, 0.3) is 0 Å². The average molecular weight is 330 g/mol. The van der Waals surface area contributed by atoms with E-state index in [2.05, 4.69) is 19.1 Å². The van der Waals surface area contributed by atoms with Crippen LogP contribution >= 0.6 is 0 Å². The van der Waals surface area contributed by atoms with Gasteiger partial charge in [-0.2, -0.15) is 0 Å². The number of aromatic carboxylic acids is 1. The summed E-state index contributed by atoms with van der Waals surface area (Å²) in [4.78, 5) is 11.9. The van der Waals surface area contributed by atoms with Crippen molar-refractivity contribution < 1.29 is 9.90 Å². The summed E-state index contributed by atoms with van der Waals surface area (Å²) in [5.41, 5.74) is 5.42. The minimum Gasteiger partial charge on any atom is -0.478 e. The maximum absolute atomic E-state index is 11.9. The molecule has 3 aromatic carbocycles. The normalized spacial score (nSPS) is 10.6. The zero-order valence-electron chi connectivity index (χ0n) is 14.4. The fourth-order valence-electron chi connectivity index (χ4n) is 3.24. The van der Waals surface area contributed by atoms with Gasteiger partial charge in [0, 0.05) is 5.56 Å². The molecule has 0 saturated heterocycles. The minimum absolute atomic E-state index is 0.352. The van der Waals surface area contributed by atoms with E-state index in [1.165, 1.54) is 5.56 Å². The summed E-state index contributed by atoms with van der Waals surface area (Å²) in [7, 11) is 0. The molecule has 0 spiro atoms. The molecular formula is C23H22O2. The Morgan fingerprint density at radius 3 is 1.88 bits per heavy atom. The topological polar surface area (TPSA) is 37.3 Å². The molecule has 0 aliphatic rings. The quantitative estimate of drug-likeness (QED) is 0.596. The standard InChI is InChI=1S/C23H22O2/c1-2-3-10-19-15-16-20(23(24)25)22(18-13-8-5-9-14-18)21(19)17-11-6-4-7-12-17/h4-9,11-16H,2-3,10H2,1H3,(H,24,25). The number of carboxylic acid groups (broad SMARTS) is 1. The Labute approximate surface area is 148 Å². The highest BCUT2D eigenvalue weighted by atomic mass is 16.4. The van der Waals surface area contributed by atoms with E-state index in [9.17, 15) is 9.90 Å². The number of carboxylic acids is 1. The van der Waals surface area contributed by atoms with Gasteiger partial charge in [-0.1, -0.05) is 80.1 Å². The first kappa shape index (κ1) is 17.0. The summed E-state index contributed by atoms with van der Waals surface area (Å²) < 4.78 is 0. The van der Waals surface area contributed by atoms with Crippen molar-refractivity contribution in [3.8, 4) is 22.3 Å². The van der Waals surface area contributed by atoms with E-state index in [0.717, 1.165) is 41.5 Å². The number of rotatable bonds is 6. The van der Waals surface area contributed by atoms with Gasteiger partial charge in [0.05, 0.1) is 5.56 Å². The van der Waals surface area contributed by atoms with Crippen molar-refractivity contribution in [1.82, 2.24) is 0 Å². The SMILES string of the molecule is CCCCc1ccc(C(=O)O)c(-c2ccccc2)c1-c1ccccc1. The Morgan fingerprint density at radius 1 is 0.800 bits per heavy atom. The van der Waals surface area contributed by atoms with E-state index in [-0.39, 0.29) is 0 Å². The van der Waals surface area contributed by atoms with Crippen LogP contribution in [0.25, 0.3) is 22.3 Å². The third-order valence-electron chi connectivity index (χ3n) is 4.45. The number of benzene rings is 3. The first-order valence-corrected chi connectivity index (χ1v) is 8.72. The van der Waals surface area contributed by atoms with Gasteiger partial charge in [0.2, 0.25) is 0 Å². The van der Waals surface area contributed by atoms with Crippen LogP contribution in [0.1, 0.15) is 35.7 Å². The van der Waals surface area contributed by atoms with Crippen molar-refractivity contribution in [2.75, 3.05) is 0 Å². The zero-order valence-corrected chi connectivity index (χ0v) is 14.4. The summed E-state index contributed by atoms with van der Waals surface area (Å²) >= 11 is 0. The molecule has 0 fully saturated rings. The lowest BCUT2D eigenvalue weighted by molar-refractivity contribution is 0.0698. The highest BCUT2D eigenvalue weighted by molar-refractivity contribution is 6.02. The lowest BCUT2D eigenvalue weighted by Gasteiger charge is -2.18. The van der Waals surface area contributed by atoms with Gasteiger partial charge in [-0.3, -0.25) is 0 Å². The fraction of sp³-hybridized carbons (Fsp3) is 0.174. The van der Waals surface area contributed by atoms with Crippen LogP contribution in [-0.4, -0.2) is 11.1 Å². The van der Waals surface area contributed by atoms with Crippen LogP contribution in [0.4, 0.5) is 0 Å². The largest absolute Gasteiger partial charge is 0.478 e. The van der Waals surface area contributed by atoms with Crippen LogP contribution in [0.15, 0.2) is 72.8 Å². The summed E-state index contributed by atoms with van der Waals surface area (Å²) in [6.45, 7) is 2.17. The molecule has 0 unspecified atom stereocenters. The molecule has 0 amide bonds. The molecule has 3 rings (SSSR count). The van der Waals surface area contributed by atoms with Gasteiger partial charge in [0.15, 0.2) is 0 Å². The first-order chi connectivity index (χ1) is 12.2. The Morgan fingerprint density at radius 2 is 1.36 bits per heavy atom. The van der Waals surface area contributed by atoms with Gasteiger partial charge in [-0.25, -0.2) is 4.79 Å². The Bertz CT molecular complexity index is 852. The molecule has 0 heterocycles. The zero-order chi connectivity index (χ0) is 17.6. The van der Waals surface area contributed by atoms with Gasteiger partial charge < -0.3 is 5.11 Å². The molecule has 2 heteroatoms. The van der Waals surface area contributed by atoms with Crippen molar-refractivity contribution in [3.63, 3.8) is 0 Å². The van der Waals surface area contributed by atoms with Gasteiger partial charge in [0.1, 0.15) is 0 Å². The van der Waals surface area contributed by atoms with E-state index in [0.29, 0.717) is 5.56 Å². The molecule has 0 radical (unpaired) electrons. The van der Waals surface area contributed by atoms with E-state index in [4.69, 9.17) is 0 Å². The van der Waals surface area contributed by atoms with Crippen LogP contribution in [0.3, 0.4) is 0 Å². The molecular weight excluding hydrogens is 308 g/mol. The first-order valence-electron chi connectivity index (χ1n) is 8.72. The number of hydrogen-bond donors (Lipinski definition) is 1. The second-order valence-electron chi connectivity index (χ2n) is 6.16. The van der Waals surface area contributed by atoms with Crippen molar-refractivity contribution in [2.45, 2.75) is 26.2 Å². The molecule has 1 N–H and O–H groups in total. The summed E-state index contributed by atoms with van der Waals surface area (Å²) in [5.74, 6) is -0.891. The van der Waals surface area contributed by atoms with Crippen molar-refractivity contribution in [3.05, 3.63) is 83.9 Å². The molecule has 0 aliphatic heterocycles. The molecule has 0 aromatic heterocycles. The average Bonchev–Trinajstić information content (AvgIpc) is 2.66. The lowest BCUT2D eigenvalue weighted by atomic mass is 9.85. The van der Waals surface area contributed by atoms with Crippen LogP contribution in [0.2, 0.25) is 0 Å². The molecule has 2 nitrogen and oxygen atoms in total. The maximum Gasteiger partial charge on any atom is 0.336 e. The molecule has 0 saturated carbocycles. The monoisotopic (exact) mass is 330 g/mol. The van der Waals surface area contributed by atoms with E-state index >= 15 is 0 Å². The summed E-state index contributed by atoms with van der Waals surface area (Å²) in [6.07, 6.45) is 3.14. The van der Waals surface area contributed by atoms with Gasteiger partial charge >= 0.3 is 5.97 Å². The molecule has 0 atom stereocenters. The number of unbranched alkanes of at least 4 members (excludes halogenated alkanes) is 1. The maximum atomic E-state index is 11.9. The third kappa shape index (κ3) is 3.63. The van der Waals surface area contributed by atoms with Crippen LogP contribution in [0.5, 0.6) is 0 Å². The Balaban J connectivity index is 2.33. The molecule has 126 valence electrons. The van der Waals surface area contributed by atoms with Gasteiger partial charge in [-0.05, 0) is 41.2 Å². The lowest BCUT2D eigenvalue weighted by Crippen LogP contribution is -2.04. The Kier molecular flexibility index (Phi) is 5.30. The van der Waals surface area contributed by atoms with E-state index < -0.39 is 5.97 Å². The van der Waals surface area contributed by atoms with Gasteiger partial charge in [-0.15, -0.1) is 0 Å². The number of hydrogen-bond acceptors (Lipinski definition) is 1. The van der Waals surface area contributed by atoms with E-state index in [1.807, 2.05) is 54.6 Å². The second kappa shape index (κ2) is 7.80. The Hall–Kier alpha value is -2.87. The fourth-order valence-corrected chi connectivity index (χ4v) is 3.24. The smallest absolute Gasteiger partial charge is 0.336 e. The molecule has 0 bridgehead atoms. The predicted molar refractivity (Wildman–Crippen MR) is 103 cm³/mol. The number of aryl methyl sites for hydroxylation is 1. The highest BCUT2D eigenvalue weighted by Gasteiger charge is 2.20. The number of carbonyl (C=O) groups is 1. The highest BCUT2D eigenvalue weighted by Crippen LogP contribution is 2.38. The minimum atomic E-state index is -0.891. The molecule has 0 aliphatic carbocycles. The molecule has 25 heavy (non-hydrogen) atoms.